The van der Waals surface area contributed by atoms with Gasteiger partial charge in [-0.2, -0.15) is 5.10 Å². The second kappa shape index (κ2) is 5.88. The number of aryl methyl sites for hydroxylation is 1. The van der Waals surface area contributed by atoms with Crippen LogP contribution in [0.1, 0.15) is 21.5 Å². The van der Waals surface area contributed by atoms with E-state index in [0.29, 0.717) is 0 Å². The van der Waals surface area contributed by atoms with Gasteiger partial charge in [-0.15, -0.1) is 0 Å². The third-order valence-electron chi connectivity index (χ3n) is 2.78. The number of phenols is 2. The van der Waals surface area contributed by atoms with Crippen LogP contribution in [0, 0.1) is 6.92 Å². The molecule has 20 heavy (non-hydrogen) atoms. The summed E-state index contributed by atoms with van der Waals surface area (Å²) in [4.78, 5) is 11.8. The number of aromatic hydroxyl groups is 2. The molecule has 2 aromatic carbocycles. The van der Waals surface area contributed by atoms with E-state index in [0.717, 1.165) is 11.1 Å². The third-order valence-corrected chi connectivity index (χ3v) is 2.78. The van der Waals surface area contributed by atoms with Gasteiger partial charge in [-0.25, -0.2) is 5.43 Å². The van der Waals surface area contributed by atoms with Crippen molar-refractivity contribution in [2.75, 3.05) is 0 Å². The van der Waals surface area contributed by atoms with E-state index in [1.807, 2.05) is 31.2 Å². The Morgan fingerprint density at radius 3 is 2.70 bits per heavy atom. The molecule has 5 nitrogen and oxygen atoms in total. The van der Waals surface area contributed by atoms with E-state index in [9.17, 15) is 15.0 Å². The predicted molar refractivity (Wildman–Crippen MR) is 76.0 cm³/mol. The molecule has 1 amide bonds. The molecule has 0 saturated heterocycles. The van der Waals surface area contributed by atoms with Crippen molar-refractivity contribution in [3.63, 3.8) is 0 Å². The first-order valence-corrected chi connectivity index (χ1v) is 5.99. The minimum atomic E-state index is -0.594. The van der Waals surface area contributed by atoms with Gasteiger partial charge in [-0.1, -0.05) is 24.3 Å². The molecule has 0 bridgehead atoms. The summed E-state index contributed by atoms with van der Waals surface area (Å²) < 4.78 is 0. The Kier molecular flexibility index (Phi) is 4.00. The highest BCUT2D eigenvalue weighted by atomic mass is 16.3. The van der Waals surface area contributed by atoms with Crippen molar-refractivity contribution < 1.29 is 15.0 Å². The molecule has 0 aliphatic carbocycles. The highest BCUT2D eigenvalue weighted by Gasteiger charge is 2.10. The maximum atomic E-state index is 11.8. The summed E-state index contributed by atoms with van der Waals surface area (Å²) in [7, 11) is 0. The van der Waals surface area contributed by atoms with Crippen LogP contribution < -0.4 is 5.43 Å². The van der Waals surface area contributed by atoms with Gasteiger partial charge in [-0.05, 0) is 36.2 Å². The second-order valence-electron chi connectivity index (χ2n) is 4.26. The van der Waals surface area contributed by atoms with Crippen molar-refractivity contribution in [3.05, 3.63) is 59.2 Å². The van der Waals surface area contributed by atoms with E-state index < -0.39 is 5.91 Å². The van der Waals surface area contributed by atoms with Crippen molar-refractivity contribution in [1.82, 2.24) is 5.43 Å². The Bertz CT molecular complexity index is 666. The van der Waals surface area contributed by atoms with E-state index in [1.165, 1.54) is 24.4 Å². The zero-order valence-corrected chi connectivity index (χ0v) is 10.9. The summed E-state index contributed by atoms with van der Waals surface area (Å²) >= 11 is 0. The Hall–Kier alpha value is -2.82. The highest BCUT2D eigenvalue weighted by Crippen LogP contribution is 2.21. The predicted octanol–water partition coefficient (Wildman–Crippen LogP) is 2.17. The molecule has 0 aliphatic rings. The molecule has 3 N–H and O–H groups in total. The van der Waals surface area contributed by atoms with Crippen LogP contribution in [0.15, 0.2) is 47.6 Å². The van der Waals surface area contributed by atoms with Crippen LogP contribution in [-0.2, 0) is 0 Å². The lowest BCUT2D eigenvalue weighted by Crippen LogP contribution is -2.17. The first kappa shape index (κ1) is 13.6. The van der Waals surface area contributed by atoms with Crippen LogP contribution in [0.25, 0.3) is 0 Å². The Morgan fingerprint density at radius 1 is 1.20 bits per heavy atom. The quantitative estimate of drug-likeness (QED) is 0.454. The van der Waals surface area contributed by atoms with Gasteiger partial charge < -0.3 is 10.2 Å². The molecule has 0 radical (unpaired) electrons. The van der Waals surface area contributed by atoms with Crippen LogP contribution in [0.2, 0.25) is 0 Å². The van der Waals surface area contributed by atoms with Crippen LogP contribution in [0.3, 0.4) is 0 Å². The van der Waals surface area contributed by atoms with Crippen molar-refractivity contribution in [3.8, 4) is 11.5 Å². The molecule has 0 heterocycles. The number of nitrogens with zero attached hydrogens (tertiary/aromatic N) is 1. The largest absolute Gasteiger partial charge is 0.508 e. The molecule has 0 spiro atoms. The lowest BCUT2D eigenvalue weighted by molar-refractivity contribution is 0.0952. The van der Waals surface area contributed by atoms with E-state index in [-0.39, 0.29) is 17.1 Å². The second-order valence-corrected chi connectivity index (χ2v) is 4.26. The van der Waals surface area contributed by atoms with Gasteiger partial charge >= 0.3 is 0 Å². The number of carbonyl (C=O) groups excluding carboxylic acids is 1. The van der Waals surface area contributed by atoms with Gasteiger partial charge in [0, 0.05) is 0 Å². The van der Waals surface area contributed by atoms with Crippen LogP contribution in [-0.4, -0.2) is 22.3 Å². The molecule has 0 fully saturated rings. The normalized spacial score (nSPS) is 10.7. The number of hydrazone groups is 1. The summed E-state index contributed by atoms with van der Waals surface area (Å²) in [6, 6.07) is 11.3. The molecular weight excluding hydrogens is 256 g/mol. The molecule has 0 aromatic heterocycles. The minimum absolute atomic E-state index is 0.0352. The molecule has 0 aliphatic heterocycles. The minimum Gasteiger partial charge on any atom is -0.508 e. The van der Waals surface area contributed by atoms with E-state index in [2.05, 4.69) is 10.5 Å². The number of benzene rings is 2. The van der Waals surface area contributed by atoms with Crippen LogP contribution in [0.4, 0.5) is 0 Å². The van der Waals surface area contributed by atoms with Gasteiger partial charge in [0.2, 0.25) is 0 Å². The first-order chi connectivity index (χ1) is 9.58. The number of phenolic OH excluding ortho intramolecular Hbond substituents is 2. The van der Waals surface area contributed by atoms with Crippen molar-refractivity contribution in [2.45, 2.75) is 6.92 Å². The highest BCUT2D eigenvalue weighted by molar-refractivity contribution is 5.97. The van der Waals surface area contributed by atoms with Crippen LogP contribution in [0.5, 0.6) is 11.5 Å². The van der Waals surface area contributed by atoms with Gasteiger partial charge in [0.05, 0.1) is 11.8 Å². The van der Waals surface area contributed by atoms with Crippen molar-refractivity contribution in [2.24, 2.45) is 5.10 Å². The number of rotatable bonds is 3. The first-order valence-electron chi connectivity index (χ1n) is 5.99. The average molecular weight is 270 g/mol. The number of amides is 1. The molecule has 2 rings (SSSR count). The van der Waals surface area contributed by atoms with Gasteiger partial charge in [0.25, 0.3) is 5.91 Å². The lowest BCUT2D eigenvalue weighted by Gasteiger charge is -2.03. The Labute approximate surface area is 116 Å². The summed E-state index contributed by atoms with van der Waals surface area (Å²) in [5, 5.41) is 22.7. The van der Waals surface area contributed by atoms with Gasteiger partial charge in [-0.3, -0.25) is 4.79 Å². The third kappa shape index (κ3) is 3.14. The summed E-state index contributed by atoms with van der Waals surface area (Å²) in [6.07, 6.45) is 1.52. The van der Waals surface area contributed by atoms with Gasteiger partial charge in [0.15, 0.2) is 0 Å². The lowest BCUT2D eigenvalue weighted by atomic mass is 10.1. The van der Waals surface area contributed by atoms with E-state index >= 15 is 0 Å². The SMILES string of the molecule is Cc1ccccc1C=NNC(=O)c1cc(O)ccc1O. The Balaban J connectivity index is 2.09. The molecule has 102 valence electrons. The van der Waals surface area contributed by atoms with Crippen molar-refractivity contribution >= 4 is 12.1 Å². The Morgan fingerprint density at radius 2 is 1.95 bits per heavy atom. The number of carbonyl (C=O) groups is 1. The molecule has 5 heteroatoms. The fourth-order valence-corrected chi connectivity index (χ4v) is 1.66. The fraction of sp³-hybridized carbons (Fsp3) is 0.0667. The molecule has 0 saturated carbocycles. The summed E-state index contributed by atoms with van der Waals surface area (Å²) in [5.74, 6) is -0.912. The maximum Gasteiger partial charge on any atom is 0.275 e. The van der Waals surface area contributed by atoms with E-state index in [4.69, 9.17) is 0 Å². The standard InChI is InChI=1S/C15H14N2O3/c1-10-4-2-3-5-11(10)9-16-17-15(20)13-8-12(18)6-7-14(13)19/h2-9,18-19H,1H3,(H,17,20). The molecule has 0 atom stereocenters. The number of nitrogens with one attached hydrogen (secondary N) is 1. The smallest absolute Gasteiger partial charge is 0.275 e. The van der Waals surface area contributed by atoms with Gasteiger partial charge in [0.1, 0.15) is 11.5 Å². The zero-order valence-electron chi connectivity index (χ0n) is 10.9. The number of hydrogen-bond donors (Lipinski definition) is 3. The zero-order chi connectivity index (χ0) is 14.5. The average Bonchev–Trinajstić information content (AvgIpc) is 2.43. The van der Waals surface area contributed by atoms with E-state index in [1.54, 1.807) is 0 Å². The molecule has 2 aromatic rings. The fourth-order valence-electron chi connectivity index (χ4n) is 1.66. The summed E-state index contributed by atoms with van der Waals surface area (Å²) in [6.45, 7) is 1.93. The van der Waals surface area contributed by atoms with Crippen molar-refractivity contribution in [1.29, 1.82) is 0 Å². The maximum absolute atomic E-state index is 11.8. The topological polar surface area (TPSA) is 81.9 Å². The molecular formula is C15H14N2O3. The van der Waals surface area contributed by atoms with Crippen LogP contribution >= 0.6 is 0 Å². The number of hydrogen-bond acceptors (Lipinski definition) is 4. The molecule has 0 unspecified atom stereocenters. The summed E-state index contributed by atoms with van der Waals surface area (Å²) in [5.41, 5.74) is 4.18. The monoisotopic (exact) mass is 270 g/mol.